The number of fused-ring (bicyclic) bond motifs is 5. The molecule has 4 saturated carbocycles. The Balaban J connectivity index is 1.62. The maximum absolute atomic E-state index is 15.8. The molecule has 0 heterocycles. The third-order valence-electron chi connectivity index (χ3n) is 9.27. The molecule has 4 heteroatoms. The molecule has 0 aromatic carbocycles. The molecule has 0 amide bonds. The van der Waals surface area contributed by atoms with Crippen LogP contribution in [0.25, 0.3) is 0 Å². The maximum atomic E-state index is 15.8. The van der Waals surface area contributed by atoms with Crippen LogP contribution in [-0.4, -0.2) is 11.5 Å². The molecule has 0 aliphatic heterocycles. The van der Waals surface area contributed by atoms with Crippen LogP contribution in [0.5, 0.6) is 0 Å². The minimum Gasteiger partial charge on any atom is -0.294 e. The fraction of sp³-hybridized carbons (Fsp3) is 0.864. The third-order valence-corrected chi connectivity index (χ3v) is 9.27. The number of carbonyl (C=O) groups excluding carboxylic acids is 1. The SMILES string of the molecule is C[C@]12CC[C@H]3[C@@H](CC[C@@]4(F)CCCC[C@]34C)[C@@H]1CC[C@@H]2C(=O)C=C(F)F. The van der Waals surface area contributed by atoms with Crippen LogP contribution in [0.3, 0.4) is 0 Å². The topological polar surface area (TPSA) is 17.1 Å². The number of carbonyl (C=O) groups is 1. The summed E-state index contributed by atoms with van der Waals surface area (Å²) in [6.45, 7) is 4.33. The number of hydrogen-bond acceptors (Lipinski definition) is 1. The minimum atomic E-state index is -1.88. The third kappa shape index (κ3) is 2.46. The van der Waals surface area contributed by atoms with Crippen molar-refractivity contribution in [1.82, 2.24) is 0 Å². The molecule has 0 spiro atoms. The fourth-order valence-corrected chi connectivity index (χ4v) is 7.89. The number of alkyl halides is 1. The Kier molecular flexibility index (Phi) is 4.36. The van der Waals surface area contributed by atoms with Gasteiger partial charge in [0.05, 0.1) is 0 Å². The highest BCUT2D eigenvalue weighted by Gasteiger charge is 2.64. The molecule has 4 rings (SSSR count). The van der Waals surface area contributed by atoms with Crippen LogP contribution in [0.1, 0.15) is 78.1 Å². The molecule has 1 nitrogen and oxygen atoms in total. The molecule has 0 N–H and O–H groups in total. The van der Waals surface area contributed by atoms with Crippen LogP contribution in [0.2, 0.25) is 0 Å². The predicted octanol–water partition coefficient (Wildman–Crippen LogP) is 6.48. The van der Waals surface area contributed by atoms with E-state index in [2.05, 4.69) is 13.8 Å². The first kappa shape index (κ1) is 18.6. The second kappa shape index (κ2) is 6.10. The molecule has 0 radical (unpaired) electrons. The van der Waals surface area contributed by atoms with E-state index in [1.807, 2.05) is 0 Å². The smallest absolute Gasteiger partial charge is 0.273 e. The van der Waals surface area contributed by atoms with E-state index in [4.69, 9.17) is 0 Å². The first-order chi connectivity index (χ1) is 12.2. The minimum absolute atomic E-state index is 0.189. The highest BCUT2D eigenvalue weighted by Crippen LogP contribution is 2.69. The van der Waals surface area contributed by atoms with Gasteiger partial charge in [-0.05, 0) is 74.5 Å². The summed E-state index contributed by atoms with van der Waals surface area (Å²) in [7, 11) is 0. The van der Waals surface area contributed by atoms with Gasteiger partial charge in [-0.25, -0.2) is 4.39 Å². The molecule has 4 aliphatic carbocycles. The summed E-state index contributed by atoms with van der Waals surface area (Å²) >= 11 is 0. The van der Waals surface area contributed by atoms with Gasteiger partial charge in [-0.1, -0.05) is 26.7 Å². The zero-order chi connectivity index (χ0) is 18.7. The van der Waals surface area contributed by atoms with Gasteiger partial charge < -0.3 is 0 Å². The average Bonchev–Trinajstić information content (AvgIpc) is 2.92. The van der Waals surface area contributed by atoms with Crippen molar-refractivity contribution in [3.63, 3.8) is 0 Å². The summed E-state index contributed by atoms with van der Waals surface area (Å²) in [6.07, 6.45) is 7.50. The molecular weight excluding hydrogens is 337 g/mol. The van der Waals surface area contributed by atoms with Crippen molar-refractivity contribution in [2.45, 2.75) is 83.7 Å². The molecule has 0 saturated heterocycles. The Bertz CT molecular complexity index is 627. The van der Waals surface area contributed by atoms with Crippen molar-refractivity contribution >= 4 is 5.78 Å². The van der Waals surface area contributed by atoms with Gasteiger partial charge in [0.2, 0.25) is 0 Å². The summed E-state index contributed by atoms with van der Waals surface area (Å²) < 4.78 is 41.1. The zero-order valence-electron chi connectivity index (χ0n) is 16.0. The zero-order valence-corrected chi connectivity index (χ0v) is 16.0. The fourth-order valence-electron chi connectivity index (χ4n) is 7.89. The quantitative estimate of drug-likeness (QED) is 0.510. The lowest BCUT2D eigenvalue weighted by Crippen LogP contribution is -2.59. The number of halogens is 3. The Labute approximate surface area is 154 Å². The van der Waals surface area contributed by atoms with E-state index in [0.717, 1.165) is 44.9 Å². The van der Waals surface area contributed by atoms with Gasteiger partial charge in [0.1, 0.15) is 5.67 Å². The Morgan fingerprint density at radius 2 is 1.65 bits per heavy atom. The van der Waals surface area contributed by atoms with E-state index in [9.17, 15) is 13.6 Å². The molecule has 0 aromatic rings. The Morgan fingerprint density at radius 1 is 0.923 bits per heavy atom. The first-order valence-corrected chi connectivity index (χ1v) is 10.5. The van der Waals surface area contributed by atoms with Crippen LogP contribution in [-0.2, 0) is 4.79 Å². The Hall–Kier alpha value is -0.800. The highest BCUT2D eigenvalue weighted by molar-refractivity contribution is 5.92. The molecule has 146 valence electrons. The summed E-state index contributed by atoms with van der Waals surface area (Å²) in [5.74, 6) is 0.549. The van der Waals surface area contributed by atoms with Gasteiger partial charge in [0.25, 0.3) is 6.08 Å². The van der Waals surface area contributed by atoms with Gasteiger partial charge in [-0.15, -0.1) is 0 Å². The van der Waals surface area contributed by atoms with Gasteiger partial charge in [0, 0.05) is 17.4 Å². The van der Waals surface area contributed by atoms with Crippen LogP contribution < -0.4 is 0 Å². The van der Waals surface area contributed by atoms with Crippen molar-refractivity contribution in [2.24, 2.45) is 34.5 Å². The van der Waals surface area contributed by atoms with Crippen LogP contribution in [0.15, 0.2) is 12.2 Å². The number of ketones is 1. The predicted molar refractivity (Wildman–Crippen MR) is 95.5 cm³/mol. The van der Waals surface area contributed by atoms with Crippen molar-refractivity contribution in [3.8, 4) is 0 Å². The van der Waals surface area contributed by atoms with Crippen molar-refractivity contribution < 1.29 is 18.0 Å². The van der Waals surface area contributed by atoms with E-state index in [1.165, 1.54) is 0 Å². The van der Waals surface area contributed by atoms with E-state index >= 15 is 4.39 Å². The van der Waals surface area contributed by atoms with Crippen LogP contribution in [0, 0.1) is 34.5 Å². The van der Waals surface area contributed by atoms with E-state index in [1.54, 1.807) is 0 Å². The van der Waals surface area contributed by atoms with Crippen molar-refractivity contribution in [3.05, 3.63) is 12.2 Å². The lowest BCUT2D eigenvalue weighted by atomic mass is 9.44. The second-order valence-corrected chi connectivity index (χ2v) is 10.0. The normalized spacial score (nSPS) is 50.3. The Morgan fingerprint density at radius 3 is 2.38 bits per heavy atom. The molecular formula is C22H31F3O. The second-order valence-electron chi connectivity index (χ2n) is 10.0. The molecule has 4 fully saturated rings. The van der Waals surface area contributed by atoms with E-state index < -0.39 is 17.5 Å². The summed E-state index contributed by atoms with van der Waals surface area (Å²) in [5.41, 5.74) is -1.44. The first-order valence-electron chi connectivity index (χ1n) is 10.5. The molecule has 26 heavy (non-hydrogen) atoms. The van der Waals surface area contributed by atoms with Gasteiger partial charge in [-0.2, -0.15) is 8.78 Å². The van der Waals surface area contributed by atoms with Crippen molar-refractivity contribution in [2.75, 3.05) is 0 Å². The van der Waals surface area contributed by atoms with E-state index in [0.29, 0.717) is 43.1 Å². The average molecular weight is 368 g/mol. The van der Waals surface area contributed by atoms with Crippen LogP contribution in [0.4, 0.5) is 13.2 Å². The standard InChI is InChI=1S/C22H31F3O/c1-20-11-8-16-14(7-12-22(25)10-4-3-9-21(16,22)2)15(20)5-6-17(20)18(26)13-19(23)24/h13-17H,3-12H2,1-2H3/t14-,15-,16-,17+,20-,21+,22-/m0/s1. The summed E-state index contributed by atoms with van der Waals surface area (Å²) in [6, 6.07) is 0. The van der Waals surface area contributed by atoms with Crippen molar-refractivity contribution in [1.29, 1.82) is 0 Å². The van der Waals surface area contributed by atoms with Crippen LogP contribution >= 0.6 is 0 Å². The van der Waals surface area contributed by atoms with E-state index in [-0.39, 0.29) is 16.7 Å². The highest BCUT2D eigenvalue weighted by atomic mass is 19.3. The molecule has 0 bridgehead atoms. The lowest BCUT2D eigenvalue weighted by molar-refractivity contribution is -0.169. The van der Waals surface area contributed by atoms with Gasteiger partial charge in [0.15, 0.2) is 5.78 Å². The number of allylic oxidation sites excluding steroid dienone is 1. The maximum Gasteiger partial charge on any atom is 0.273 e. The van der Waals surface area contributed by atoms with Gasteiger partial charge in [-0.3, -0.25) is 4.79 Å². The molecule has 7 atom stereocenters. The number of hydrogen-bond donors (Lipinski definition) is 0. The molecule has 0 aromatic heterocycles. The molecule has 4 aliphatic rings. The summed E-state index contributed by atoms with van der Waals surface area (Å²) in [5, 5.41) is 0. The monoisotopic (exact) mass is 368 g/mol. The number of rotatable bonds is 2. The molecule has 0 unspecified atom stereocenters. The lowest BCUT2D eigenvalue weighted by Gasteiger charge is -2.62. The largest absolute Gasteiger partial charge is 0.294 e. The van der Waals surface area contributed by atoms with Gasteiger partial charge >= 0.3 is 0 Å². The summed E-state index contributed by atoms with van der Waals surface area (Å²) in [4.78, 5) is 12.4.